The van der Waals surface area contributed by atoms with E-state index >= 15 is 0 Å². The molecule has 0 bridgehead atoms. The second kappa shape index (κ2) is 11.3. The highest BCUT2D eigenvalue weighted by Crippen LogP contribution is 2.28. The number of nitrogens with zero attached hydrogens (tertiary/aromatic N) is 2. The number of aromatic nitrogens is 2. The van der Waals surface area contributed by atoms with Crippen molar-refractivity contribution in [3.63, 3.8) is 0 Å². The van der Waals surface area contributed by atoms with Gasteiger partial charge in [0, 0.05) is 35.0 Å². The van der Waals surface area contributed by atoms with Crippen LogP contribution >= 0.6 is 0 Å². The minimum Gasteiger partial charge on any atom is -0.489 e. The lowest BCUT2D eigenvalue weighted by molar-refractivity contribution is 0.0952. The van der Waals surface area contributed by atoms with Crippen molar-refractivity contribution in [2.45, 2.75) is 13.2 Å². The first-order chi connectivity index (χ1) is 19.7. The number of hydrogen-bond acceptors (Lipinski definition) is 3. The lowest BCUT2D eigenvalue weighted by Gasteiger charge is -2.10. The number of benzene rings is 5. The maximum Gasteiger partial charge on any atom is 0.252 e. The molecule has 5 aromatic carbocycles. The fourth-order valence-electron chi connectivity index (χ4n) is 4.70. The molecular formula is C34H26FN3O2. The second-order valence-electron chi connectivity index (χ2n) is 9.40. The van der Waals surface area contributed by atoms with Gasteiger partial charge in [-0.15, -0.1) is 0 Å². The Balaban J connectivity index is 1.29. The van der Waals surface area contributed by atoms with Crippen molar-refractivity contribution in [3.05, 3.63) is 150 Å². The van der Waals surface area contributed by atoms with E-state index in [1.165, 1.54) is 6.07 Å². The Hall–Kier alpha value is -5.23. The fraction of sp³-hybridized carbons (Fsp3) is 0.0588. The maximum absolute atomic E-state index is 14.1. The molecule has 1 heterocycles. The minimum absolute atomic E-state index is 0.114. The lowest BCUT2D eigenvalue weighted by Crippen LogP contribution is -2.23. The van der Waals surface area contributed by atoms with E-state index < -0.39 is 0 Å². The number of fused-ring (bicyclic) bond motifs is 1. The molecule has 0 radical (unpaired) electrons. The van der Waals surface area contributed by atoms with Crippen LogP contribution in [0.3, 0.4) is 0 Å². The van der Waals surface area contributed by atoms with Crippen LogP contribution in [0.2, 0.25) is 0 Å². The van der Waals surface area contributed by atoms with Crippen LogP contribution in [0.25, 0.3) is 27.7 Å². The Bertz CT molecular complexity index is 1790. The number of halogens is 1. The highest BCUT2D eigenvalue weighted by molar-refractivity contribution is 6.07. The Labute approximate surface area is 231 Å². The predicted octanol–water partition coefficient (Wildman–Crippen LogP) is 7.34. The van der Waals surface area contributed by atoms with Gasteiger partial charge < -0.3 is 10.1 Å². The summed E-state index contributed by atoms with van der Waals surface area (Å²) in [5.41, 5.74) is 4.41. The van der Waals surface area contributed by atoms with E-state index in [9.17, 15) is 9.18 Å². The molecule has 0 unspecified atom stereocenters. The van der Waals surface area contributed by atoms with E-state index in [1.54, 1.807) is 18.2 Å². The summed E-state index contributed by atoms with van der Waals surface area (Å²) < 4.78 is 21.8. The average Bonchev–Trinajstić information content (AvgIpc) is 3.44. The van der Waals surface area contributed by atoms with Crippen LogP contribution < -0.4 is 10.1 Å². The summed E-state index contributed by atoms with van der Waals surface area (Å²) >= 11 is 0. The van der Waals surface area contributed by atoms with E-state index in [0.717, 1.165) is 33.3 Å². The van der Waals surface area contributed by atoms with Gasteiger partial charge in [0.15, 0.2) is 0 Å². The van der Waals surface area contributed by atoms with Gasteiger partial charge in [-0.3, -0.25) is 4.79 Å². The molecule has 0 saturated heterocycles. The zero-order chi connectivity index (χ0) is 27.3. The Kier molecular flexibility index (Phi) is 7.05. The number of para-hydroxylation sites is 1. The number of amides is 1. The first-order valence-electron chi connectivity index (χ1n) is 13.0. The van der Waals surface area contributed by atoms with Gasteiger partial charge in [0.05, 0.1) is 11.4 Å². The molecule has 6 aromatic rings. The van der Waals surface area contributed by atoms with Crippen LogP contribution in [0, 0.1) is 5.82 Å². The van der Waals surface area contributed by atoms with Crippen LogP contribution in [-0.2, 0) is 13.2 Å². The highest BCUT2D eigenvalue weighted by atomic mass is 19.1. The van der Waals surface area contributed by atoms with Crippen molar-refractivity contribution >= 4 is 16.7 Å². The molecule has 0 aliphatic heterocycles. The van der Waals surface area contributed by atoms with Gasteiger partial charge in [-0.2, -0.15) is 5.10 Å². The van der Waals surface area contributed by atoms with E-state index in [1.807, 2.05) is 108 Å². The van der Waals surface area contributed by atoms with Crippen molar-refractivity contribution in [2.75, 3.05) is 0 Å². The van der Waals surface area contributed by atoms with E-state index in [4.69, 9.17) is 9.84 Å². The fourth-order valence-corrected chi connectivity index (χ4v) is 4.70. The zero-order valence-corrected chi connectivity index (χ0v) is 21.6. The molecule has 6 heteroatoms. The van der Waals surface area contributed by atoms with Gasteiger partial charge in [0.25, 0.3) is 5.91 Å². The van der Waals surface area contributed by atoms with Gasteiger partial charge >= 0.3 is 0 Å². The quantitative estimate of drug-likeness (QED) is 0.225. The van der Waals surface area contributed by atoms with Gasteiger partial charge in [-0.05, 0) is 47.2 Å². The molecule has 6 rings (SSSR count). The molecule has 196 valence electrons. The van der Waals surface area contributed by atoms with Crippen molar-refractivity contribution < 1.29 is 13.9 Å². The molecule has 0 fully saturated rings. The van der Waals surface area contributed by atoms with Crippen LogP contribution in [-0.4, -0.2) is 15.7 Å². The maximum atomic E-state index is 14.1. The largest absolute Gasteiger partial charge is 0.489 e. The summed E-state index contributed by atoms with van der Waals surface area (Å²) in [5.74, 6) is 0.141. The third-order valence-electron chi connectivity index (χ3n) is 6.74. The molecule has 1 N–H and O–H groups in total. The van der Waals surface area contributed by atoms with Gasteiger partial charge in [0.1, 0.15) is 18.2 Å². The molecule has 1 amide bonds. The van der Waals surface area contributed by atoms with Crippen LogP contribution in [0.1, 0.15) is 21.5 Å². The number of carbonyl (C=O) groups excluding carboxylic acids is 1. The van der Waals surface area contributed by atoms with E-state index in [0.29, 0.717) is 16.9 Å². The predicted molar refractivity (Wildman–Crippen MR) is 155 cm³/mol. The topological polar surface area (TPSA) is 56.2 Å². The normalized spacial score (nSPS) is 10.9. The SMILES string of the molecule is O=C(NCc1cn(-c2ccccc2)nc1-c1cccc(OCc2ccccc2F)c1)c1cccc2ccccc12. The number of carbonyl (C=O) groups is 1. The molecule has 0 atom stereocenters. The minimum atomic E-state index is -0.301. The van der Waals surface area contributed by atoms with Crippen LogP contribution in [0.15, 0.2) is 128 Å². The van der Waals surface area contributed by atoms with Crippen molar-refractivity contribution in [2.24, 2.45) is 0 Å². The lowest BCUT2D eigenvalue weighted by atomic mass is 10.0. The van der Waals surface area contributed by atoms with E-state index in [2.05, 4.69) is 5.32 Å². The van der Waals surface area contributed by atoms with Crippen molar-refractivity contribution in [1.29, 1.82) is 0 Å². The number of ether oxygens (including phenoxy) is 1. The highest BCUT2D eigenvalue weighted by Gasteiger charge is 2.16. The van der Waals surface area contributed by atoms with Gasteiger partial charge in [0.2, 0.25) is 0 Å². The van der Waals surface area contributed by atoms with Crippen molar-refractivity contribution in [1.82, 2.24) is 15.1 Å². The molecular weight excluding hydrogens is 501 g/mol. The Morgan fingerprint density at radius 1 is 0.800 bits per heavy atom. The monoisotopic (exact) mass is 527 g/mol. The van der Waals surface area contributed by atoms with Crippen LogP contribution in [0.5, 0.6) is 5.75 Å². The summed E-state index contributed by atoms with van der Waals surface area (Å²) in [7, 11) is 0. The number of hydrogen-bond donors (Lipinski definition) is 1. The first kappa shape index (κ1) is 25.1. The van der Waals surface area contributed by atoms with Gasteiger partial charge in [-0.1, -0.05) is 84.9 Å². The molecule has 0 saturated carbocycles. The number of nitrogens with one attached hydrogen (secondary N) is 1. The van der Waals surface area contributed by atoms with Crippen molar-refractivity contribution in [3.8, 4) is 22.7 Å². The van der Waals surface area contributed by atoms with E-state index in [-0.39, 0.29) is 24.9 Å². The molecule has 0 aliphatic rings. The van der Waals surface area contributed by atoms with Gasteiger partial charge in [-0.25, -0.2) is 9.07 Å². The first-order valence-corrected chi connectivity index (χ1v) is 13.0. The standard InChI is InChI=1S/C34H26FN3O2/c35-32-19-7-5-11-26(32)23-40-29-16-8-13-25(20-29)33-27(22-38(37-33)28-14-2-1-3-15-28)21-36-34(39)31-18-9-12-24-10-4-6-17-30(24)31/h1-20,22H,21,23H2,(H,36,39). The molecule has 5 nitrogen and oxygen atoms in total. The zero-order valence-electron chi connectivity index (χ0n) is 21.6. The Morgan fingerprint density at radius 3 is 2.42 bits per heavy atom. The third-order valence-corrected chi connectivity index (χ3v) is 6.74. The Morgan fingerprint density at radius 2 is 1.55 bits per heavy atom. The average molecular weight is 528 g/mol. The molecule has 1 aromatic heterocycles. The summed E-state index contributed by atoms with van der Waals surface area (Å²) in [6.07, 6.45) is 1.93. The smallest absolute Gasteiger partial charge is 0.252 e. The molecule has 40 heavy (non-hydrogen) atoms. The number of rotatable bonds is 8. The second-order valence-corrected chi connectivity index (χ2v) is 9.40. The summed E-state index contributed by atoms with van der Waals surface area (Å²) in [5, 5.41) is 9.88. The summed E-state index contributed by atoms with van der Waals surface area (Å²) in [4.78, 5) is 13.3. The third kappa shape index (κ3) is 5.33. The summed E-state index contributed by atoms with van der Waals surface area (Å²) in [6.45, 7) is 0.396. The molecule has 0 aliphatic carbocycles. The van der Waals surface area contributed by atoms with Crippen LogP contribution in [0.4, 0.5) is 4.39 Å². The molecule has 0 spiro atoms. The summed E-state index contributed by atoms with van der Waals surface area (Å²) in [6, 6.07) is 37.5.